The van der Waals surface area contributed by atoms with Crippen LogP contribution in [0, 0.1) is 23.7 Å². The molecule has 3 nitrogen and oxygen atoms in total. The van der Waals surface area contributed by atoms with Gasteiger partial charge in [-0.1, -0.05) is 37.8 Å². The van der Waals surface area contributed by atoms with Crippen molar-refractivity contribution in [3.8, 4) is 11.8 Å². The molecule has 1 heterocycles. The number of likely N-dealkylation sites (tertiary alicyclic amines) is 1. The fourth-order valence-electron chi connectivity index (χ4n) is 2.52. The van der Waals surface area contributed by atoms with Gasteiger partial charge >= 0.3 is 0 Å². The van der Waals surface area contributed by atoms with Gasteiger partial charge in [0.15, 0.2) is 0 Å². The third kappa shape index (κ3) is 3.61. The minimum Gasteiger partial charge on any atom is -0.338 e. The molecule has 106 valence electrons. The van der Waals surface area contributed by atoms with Gasteiger partial charge in [-0.25, -0.2) is 0 Å². The molecule has 0 saturated carbocycles. The standard InChI is InChI=1S/C17H22N2O/c1-13(2)16-10-17(20)19(12-16)11-15-6-3-5-14(9-15)7-4-8-18/h3,5-6,9,13,16H,8,10-12,18H2,1-2H3. The lowest BCUT2D eigenvalue weighted by Gasteiger charge is -2.18. The third-order valence-corrected chi connectivity index (χ3v) is 3.82. The fraction of sp³-hybridized carbons (Fsp3) is 0.471. The van der Waals surface area contributed by atoms with Crippen molar-refractivity contribution in [2.75, 3.05) is 13.1 Å². The number of benzene rings is 1. The van der Waals surface area contributed by atoms with Crippen LogP contribution in [-0.4, -0.2) is 23.9 Å². The molecule has 20 heavy (non-hydrogen) atoms. The van der Waals surface area contributed by atoms with Gasteiger partial charge < -0.3 is 10.6 Å². The Morgan fingerprint density at radius 2 is 2.25 bits per heavy atom. The Labute approximate surface area is 121 Å². The van der Waals surface area contributed by atoms with E-state index in [1.807, 2.05) is 29.2 Å². The molecule has 1 atom stereocenters. The summed E-state index contributed by atoms with van der Waals surface area (Å²) in [5, 5.41) is 0. The highest BCUT2D eigenvalue weighted by Gasteiger charge is 2.31. The minimum absolute atomic E-state index is 0.266. The van der Waals surface area contributed by atoms with Crippen LogP contribution in [0.15, 0.2) is 24.3 Å². The van der Waals surface area contributed by atoms with Crippen LogP contribution in [0.5, 0.6) is 0 Å². The van der Waals surface area contributed by atoms with Crippen LogP contribution >= 0.6 is 0 Å². The van der Waals surface area contributed by atoms with E-state index in [4.69, 9.17) is 5.73 Å². The highest BCUT2D eigenvalue weighted by atomic mass is 16.2. The number of hydrogen-bond donors (Lipinski definition) is 1. The Balaban J connectivity index is 2.05. The number of carbonyl (C=O) groups excluding carboxylic acids is 1. The predicted molar refractivity (Wildman–Crippen MR) is 80.7 cm³/mol. The van der Waals surface area contributed by atoms with Gasteiger partial charge in [-0.05, 0) is 29.5 Å². The van der Waals surface area contributed by atoms with Crippen molar-refractivity contribution in [3.63, 3.8) is 0 Å². The van der Waals surface area contributed by atoms with Crippen LogP contribution in [0.25, 0.3) is 0 Å². The third-order valence-electron chi connectivity index (χ3n) is 3.82. The molecule has 1 saturated heterocycles. The molecule has 1 aromatic rings. The lowest BCUT2D eigenvalue weighted by molar-refractivity contribution is -0.128. The summed E-state index contributed by atoms with van der Waals surface area (Å²) in [5.74, 6) is 7.20. The Morgan fingerprint density at radius 3 is 2.90 bits per heavy atom. The maximum absolute atomic E-state index is 12.0. The second-order valence-corrected chi connectivity index (χ2v) is 5.69. The molecule has 0 aromatic heterocycles. The first kappa shape index (κ1) is 14.6. The zero-order valence-electron chi connectivity index (χ0n) is 12.2. The summed E-state index contributed by atoms with van der Waals surface area (Å²) >= 11 is 0. The van der Waals surface area contributed by atoms with Gasteiger partial charge in [0, 0.05) is 25.1 Å². The second-order valence-electron chi connectivity index (χ2n) is 5.69. The van der Waals surface area contributed by atoms with Crippen molar-refractivity contribution >= 4 is 5.91 Å². The van der Waals surface area contributed by atoms with Gasteiger partial charge in [-0.2, -0.15) is 0 Å². The molecular formula is C17H22N2O. The maximum atomic E-state index is 12.0. The lowest BCUT2D eigenvalue weighted by Crippen LogP contribution is -2.25. The fourth-order valence-corrected chi connectivity index (χ4v) is 2.52. The summed E-state index contributed by atoms with van der Waals surface area (Å²) in [4.78, 5) is 14.0. The Morgan fingerprint density at radius 1 is 1.45 bits per heavy atom. The average molecular weight is 270 g/mol. The molecule has 0 radical (unpaired) electrons. The summed E-state index contributed by atoms with van der Waals surface area (Å²) in [6.45, 7) is 6.29. The molecular weight excluding hydrogens is 248 g/mol. The number of carbonyl (C=O) groups is 1. The number of nitrogens with two attached hydrogens (primary N) is 1. The van der Waals surface area contributed by atoms with E-state index >= 15 is 0 Å². The van der Waals surface area contributed by atoms with Crippen molar-refractivity contribution in [3.05, 3.63) is 35.4 Å². The molecule has 0 spiro atoms. The highest BCUT2D eigenvalue weighted by molar-refractivity contribution is 5.78. The zero-order valence-corrected chi connectivity index (χ0v) is 12.2. The van der Waals surface area contributed by atoms with Crippen LogP contribution in [0.2, 0.25) is 0 Å². The first-order valence-corrected chi connectivity index (χ1v) is 7.15. The molecule has 2 N–H and O–H groups in total. The molecule has 1 unspecified atom stereocenters. The van der Waals surface area contributed by atoms with Gasteiger partial charge in [0.1, 0.15) is 0 Å². The first-order valence-electron chi connectivity index (χ1n) is 7.15. The monoisotopic (exact) mass is 270 g/mol. The van der Waals surface area contributed by atoms with Crippen molar-refractivity contribution in [2.45, 2.75) is 26.8 Å². The Bertz CT molecular complexity index is 539. The van der Waals surface area contributed by atoms with Crippen LogP contribution in [0.1, 0.15) is 31.4 Å². The van der Waals surface area contributed by atoms with E-state index in [2.05, 4.69) is 25.7 Å². The van der Waals surface area contributed by atoms with Crippen molar-refractivity contribution in [1.82, 2.24) is 4.90 Å². The molecule has 0 bridgehead atoms. The summed E-state index contributed by atoms with van der Waals surface area (Å²) in [6.07, 6.45) is 0.685. The van der Waals surface area contributed by atoms with Gasteiger partial charge in [-0.3, -0.25) is 4.79 Å². The lowest BCUT2D eigenvalue weighted by atomic mass is 9.95. The molecule has 0 aliphatic carbocycles. The predicted octanol–water partition coefficient (Wildman–Crippen LogP) is 2.00. The van der Waals surface area contributed by atoms with Crippen LogP contribution in [0.4, 0.5) is 0 Å². The van der Waals surface area contributed by atoms with E-state index in [0.29, 0.717) is 31.3 Å². The number of amides is 1. The van der Waals surface area contributed by atoms with E-state index in [1.165, 1.54) is 0 Å². The summed E-state index contributed by atoms with van der Waals surface area (Å²) in [6, 6.07) is 8.04. The van der Waals surface area contributed by atoms with Crippen LogP contribution < -0.4 is 5.73 Å². The second kappa shape index (κ2) is 6.58. The Kier molecular flexibility index (Phi) is 4.81. The first-order chi connectivity index (χ1) is 9.60. The van der Waals surface area contributed by atoms with Crippen LogP contribution in [-0.2, 0) is 11.3 Å². The number of rotatable bonds is 3. The largest absolute Gasteiger partial charge is 0.338 e. The van der Waals surface area contributed by atoms with E-state index in [0.717, 1.165) is 17.7 Å². The van der Waals surface area contributed by atoms with Crippen molar-refractivity contribution in [2.24, 2.45) is 17.6 Å². The number of hydrogen-bond acceptors (Lipinski definition) is 2. The van der Waals surface area contributed by atoms with Gasteiger partial charge in [0.05, 0.1) is 6.54 Å². The van der Waals surface area contributed by atoms with Crippen molar-refractivity contribution in [1.29, 1.82) is 0 Å². The average Bonchev–Trinajstić information content (AvgIpc) is 2.79. The quantitative estimate of drug-likeness (QED) is 0.854. The molecule has 1 aromatic carbocycles. The molecule has 1 aliphatic heterocycles. The zero-order chi connectivity index (χ0) is 14.5. The molecule has 3 heteroatoms. The van der Waals surface area contributed by atoms with Gasteiger partial charge in [0.2, 0.25) is 5.91 Å². The topological polar surface area (TPSA) is 46.3 Å². The normalized spacial score (nSPS) is 18.3. The molecule has 1 amide bonds. The summed E-state index contributed by atoms with van der Waals surface area (Å²) in [7, 11) is 0. The summed E-state index contributed by atoms with van der Waals surface area (Å²) in [5.41, 5.74) is 7.47. The van der Waals surface area contributed by atoms with E-state index in [1.54, 1.807) is 0 Å². The molecule has 1 aliphatic rings. The van der Waals surface area contributed by atoms with E-state index < -0.39 is 0 Å². The summed E-state index contributed by atoms with van der Waals surface area (Å²) < 4.78 is 0. The highest BCUT2D eigenvalue weighted by Crippen LogP contribution is 2.26. The Hall–Kier alpha value is -1.79. The minimum atomic E-state index is 0.266. The van der Waals surface area contributed by atoms with Gasteiger partial charge in [-0.15, -0.1) is 0 Å². The smallest absolute Gasteiger partial charge is 0.223 e. The maximum Gasteiger partial charge on any atom is 0.223 e. The SMILES string of the molecule is CC(C)C1CC(=O)N(Cc2cccc(C#CCN)c2)C1. The van der Waals surface area contributed by atoms with Crippen molar-refractivity contribution < 1.29 is 4.79 Å². The molecule has 2 rings (SSSR count). The van der Waals surface area contributed by atoms with E-state index in [9.17, 15) is 4.79 Å². The molecule has 1 fully saturated rings. The van der Waals surface area contributed by atoms with Crippen LogP contribution in [0.3, 0.4) is 0 Å². The van der Waals surface area contributed by atoms with E-state index in [-0.39, 0.29) is 5.91 Å². The number of nitrogens with zero attached hydrogens (tertiary/aromatic N) is 1. The van der Waals surface area contributed by atoms with Gasteiger partial charge in [0.25, 0.3) is 0 Å².